The van der Waals surface area contributed by atoms with Crippen molar-refractivity contribution in [3.05, 3.63) is 83.4 Å². The lowest BCUT2D eigenvalue weighted by Gasteiger charge is -2.36. The van der Waals surface area contributed by atoms with Gasteiger partial charge in [0.15, 0.2) is 14.1 Å². The van der Waals surface area contributed by atoms with E-state index >= 15 is 0 Å². The lowest BCUT2D eigenvalue weighted by Crippen LogP contribution is -2.40. The van der Waals surface area contributed by atoms with Gasteiger partial charge in [-0.05, 0) is 34.8 Å². The van der Waals surface area contributed by atoms with Crippen molar-refractivity contribution in [1.82, 2.24) is 14.8 Å². The summed E-state index contributed by atoms with van der Waals surface area (Å²) in [6.45, 7) is 12.4. The van der Waals surface area contributed by atoms with Crippen LogP contribution in [0.5, 0.6) is 0 Å². The zero-order valence-electron chi connectivity index (χ0n) is 18.0. The molecule has 0 aliphatic heterocycles. The van der Waals surface area contributed by atoms with E-state index in [0.29, 0.717) is 19.0 Å². The van der Waals surface area contributed by atoms with Gasteiger partial charge in [0.1, 0.15) is 12.4 Å². The number of aromatic nitrogens is 3. The van der Waals surface area contributed by atoms with E-state index in [1.54, 1.807) is 6.33 Å². The first kappa shape index (κ1) is 21.4. The highest BCUT2D eigenvalue weighted by Crippen LogP contribution is 2.37. The first-order valence-corrected chi connectivity index (χ1v) is 12.9. The molecule has 1 heterocycles. The number of aliphatic hydroxyl groups excluding tert-OH is 1. The van der Waals surface area contributed by atoms with E-state index in [1.807, 2.05) is 59.2 Å². The fraction of sp³-hybridized carbons (Fsp3) is 0.391. The maximum atomic E-state index is 10.8. The van der Waals surface area contributed by atoms with Crippen LogP contribution >= 0.6 is 0 Å². The average Bonchev–Trinajstić information content (AvgIpc) is 3.14. The molecule has 0 aliphatic carbocycles. The Morgan fingerprint density at radius 2 is 1.66 bits per heavy atom. The van der Waals surface area contributed by atoms with Gasteiger partial charge in [0, 0.05) is 0 Å². The fourth-order valence-corrected chi connectivity index (χ4v) is 3.76. The first-order valence-electron chi connectivity index (χ1n) is 10.00. The van der Waals surface area contributed by atoms with Crippen molar-refractivity contribution in [3.63, 3.8) is 0 Å². The summed E-state index contributed by atoms with van der Waals surface area (Å²) in [5, 5.41) is 19.2. The van der Waals surface area contributed by atoms with Crippen molar-refractivity contribution >= 4 is 8.32 Å². The van der Waals surface area contributed by atoms with Crippen LogP contribution in [0, 0.1) is 0 Å². The number of benzene rings is 2. The third-order valence-corrected chi connectivity index (χ3v) is 10.3. The van der Waals surface area contributed by atoms with Gasteiger partial charge < -0.3 is 14.1 Å². The molecular formula is C23H31N3O2Si. The maximum Gasteiger partial charge on any atom is 0.192 e. The van der Waals surface area contributed by atoms with Crippen molar-refractivity contribution < 1.29 is 9.53 Å². The molecule has 3 rings (SSSR count). The van der Waals surface area contributed by atoms with Gasteiger partial charge in [-0.2, -0.15) is 0 Å². The molecule has 1 atom stereocenters. The van der Waals surface area contributed by atoms with Crippen LogP contribution in [0.2, 0.25) is 18.1 Å². The summed E-state index contributed by atoms with van der Waals surface area (Å²) in [7, 11) is -1.78. The minimum absolute atomic E-state index is 0.186. The van der Waals surface area contributed by atoms with Gasteiger partial charge in [0.05, 0.1) is 13.2 Å². The summed E-state index contributed by atoms with van der Waals surface area (Å²) in [5.41, 5.74) is 3.04. The van der Waals surface area contributed by atoms with E-state index in [4.69, 9.17) is 4.43 Å². The summed E-state index contributed by atoms with van der Waals surface area (Å²) in [4.78, 5) is 0. The minimum Gasteiger partial charge on any atom is -0.413 e. The topological polar surface area (TPSA) is 60.2 Å². The predicted octanol–water partition coefficient (Wildman–Crippen LogP) is 4.93. The van der Waals surface area contributed by atoms with Gasteiger partial charge in [-0.15, -0.1) is 10.2 Å². The highest BCUT2D eigenvalue weighted by Gasteiger charge is 2.37. The van der Waals surface area contributed by atoms with Gasteiger partial charge in [-0.1, -0.05) is 75.4 Å². The molecule has 154 valence electrons. The Hall–Kier alpha value is -2.28. The van der Waals surface area contributed by atoms with Gasteiger partial charge in [-0.3, -0.25) is 0 Å². The van der Waals surface area contributed by atoms with Gasteiger partial charge in [0.2, 0.25) is 0 Å². The number of hydrogen-bond donors (Lipinski definition) is 1. The molecular weight excluding hydrogens is 378 g/mol. The Bertz CT molecular complexity index is 915. The molecule has 1 unspecified atom stereocenters. The average molecular weight is 410 g/mol. The first-order chi connectivity index (χ1) is 13.7. The van der Waals surface area contributed by atoms with Crippen molar-refractivity contribution in [3.8, 4) is 0 Å². The Labute approximate surface area is 174 Å². The highest BCUT2D eigenvalue weighted by atomic mass is 28.4. The number of nitrogens with zero attached hydrogens (tertiary/aromatic N) is 3. The van der Waals surface area contributed by atoms with E-state index < -0.39 is 14.4 Å². The molecule has 0 saturated carbocycles. The normalized spacial score (nSPS) is 13.4. The van der Waals surface area contributed by atoms with Crippen molar-refractivity contribution in [2.24, 2.45) is 0 Å². The predicted molar refractivity (Wildman–Crippen MR) is 118 cm³/mol. The molecule has 29 heavy (non-hydrogen) atoms. The zero-order valence-corrected chi connectivity index (χ0v) is 19.0. The smallest absolute Gasteiger partial charge is 0.192 e. The molecule has 0 saturated heterocycles. The lowest BCUT2D eigenvalue weighted by atomic mass is 10.1. The lowest BCUT2D eigenvalue weighted by molar-refractivity contribution is 0.204. The fourth-order valence-electron chi connectivity index (χ4n) is 2.80. The Morgan fingerprint density at radius 3 is 2.28 bits per heavy atom. The van der Waals surface area contributed by atoms with Crippen molar-refractivity contribution in [1.29, 1.82) is 0 Å². The number of hydrogen-bond acceptors (Lipinski definition) is 4. The SMILES string of the molecule is CC(C)(C)[Si](C)(C)OCc1ccc(C(O)c2nncn2Cc2ccccc2)cc1. The maximum absolute atomic E-state index is 10.8. The molecule has 2 aromatic carbocycles. The summed E-state index contributed by atoms with van der Waals surface area (Å²) >= 11 is 0. The Balaban J connectivity index is 1.69. The van der Waals surface area contributed by atoms with Gasteiger partial charge in [0.25, 0.3) is 0 Å². The second-order valence-corrected chi connectivity index (χ2v) is 13.8. The molecule has 0 amide bonds. The van der Waals surface area contributed by atoms with E-state index in [9.17, 15) is 5.11 Å². The van der Waals surface area contributed by atoms with E-state index in [-0.39, 0.29) is 5.04 Å². The Kier molecular flexibility index (Phi) is 6.36. The van der Waals surface area contributed by atoms with Crippen LogP contribution in [0.3, 0.4) is 0 Å². The summed E-state index contributed by atoms with van der Waals surface area (Å²) in [6, 6.07) is 18.0. The number of rotatable bonds is 7. The van der Waals surface area contributed by atoms with Crippen LogP contribution in [0.15, 0.2) is 60.9 Å². The van der Waals surface area contributed by atoms with Crippen LogP contribution in [-0.2, 0) is 17.6 Å². The molecule has 0 spiro atoms. The third-order valence-electron chi connectivity index (χ3n) is 5.79. The second-order valence-electron chi connectivity index (χ2n) is 9.00. The monoisotopic (exact) mass is 409 g/mol. The van der Waals surface area contributed by atoms with E-state index in [1.165, 1.54) is 0 Å². The summed E-state index contributed by atoms with van der Waals surface area (Å²) < 4.78 is 8.17. The van der Waals surface area contributed by atoms with Crippen LogP contribution in [-0.4, -0.2) is 28.2 Å². The van der Waals surface area contributed by atoms with Crippen LogP contribution in [0.25, 0.3) is 0 Å². The van der Waals surface area contributed by atoms with Crippen LogP contribution in [0.1, 0.15) is 49.4 Å². The third kappa shape index (κ3) is 5.21. The van der Waals surface area contributed by atoms with E-state index in [2.05, 4.69) is 44.1 Å². The van der Waals surface area contributed by atoms with Gasteiger partial charge >= 0.3 is 0 Å². The molecule has 0 fully saturated rings. The Morgan fingerprint density at radius 1 is 1.00 bits per heavy atom. The van der Waals surface area contributed by atoms with Crippen molar-refractivity contribution in [2.45, 2.75) is 58.2 Å². The minimum atomic E-state index is -1.78. The molecule has 0 aliphatic rings. The second kappa shape index (κ2) is 8.61. The molecule has 0 radical (unpaired) electrons. The summed E-state index contributed by atoms with van der Waals surface area (Å²) in [6.07, 6.45) is 0.837. The quantitative estimate of drug-likeness (QED) is 0.562. The standard InChI is InChI=1S/C23H31N3O2Si/c1-23(2,3)29(4,5)28-16-19-11-13-20(14-12-19)21(27)22-25-24-17-26(22)15-18-9-7-6-8-10-18/h6-14,17,21,27H,15-16H2,1-5H3. The van der Waals surface area contributed by atoms with Gasteiger partial charge in [-0.25, -0.2) is 0 Å². The molecule has 5 nitrogen and oxygen atoms in total. The van der Waals surface area contributed by atoms with Crippen molar-refractivity contribution in [2.75, 3.05) is 0 Å². The largest absolute Gasteiger partial charge is 0.413 e. The molecule has 1 aromatic heterocycles. The molecule has 0 bridgehead atoms. The molecule has 1 N–H and O–H groups in total. The molecule has 3 aromatic rings. The number of aliphatic hydroxyl groups is 1. The van der Waals surface area contributed by atoms with Crippen LogP contribution < -0.4 is 0 Å². The highest BCUT2D eigenvalue weighted by molar-refractivity contribution is 6.74. The van der Waals surface area contributed by atoms with Crippen LogP contribution in [0.4, 0.5) is 0 Å². The summed E-state index contributed by atoms with van der Waals surface area (Å²) in [5.74, 6) is 0.541. The zero-order chi connectivity index (χ0) is 21.1. The molecule has 6 heteroatoms. The van der Waals surface area contributed by atoms with E-state index in [0.717, 1.165) is 16.7 Å².